The first-order chi connectivity index (χ1) is 13.1. The van der Waals surface area contributed by atoms with Crippen LogP contribution in [0.1, 0.15) is 21.5 Å². The first kappa shape index (κ1) is 18.1. The van der Waals surface area contributed by atoms with Gasteiger partial charge in [0.15, 0.2) is 0 Å². The largest absolute Gasteiger partial charge is 0.467 e. The summed E-state index contributed by atoms with van der Waals surface area (Å²) in [6.07, 6.45) is 1.62. The van der Waals surface area contributed by atoms with Crippen LogP contribution in [0.5, 0.6) is 0 Å². The van der Waals surface area contributed by atoms with Gasteiger partial charge in [0.1, 0.15) is 6.04 Å². The summed E-state index contributed by atoms with van der Waals surface area (Å²) < 4.78 is 4.81. The first-order valence-corrected chi connectivity index (χ1v) is 8.34. The molecule has 0 saturated carbocycles. The van der Waals surface area contributed by atoms with Crippen molar-refractivity contribution in [2.75, 3.05) is 7.11 Å². The van der Waals surface area contributed by atoms with Gasteiger partial charge in [-0.1, -0.05) is 36.4 Å². The molecule has 0 aliphatic heterocycles. The minimum Gasteiger partial charge on any atom is -0.467 e. The number of benzene rings is 2. The zero-order valence-corrected chi connectivity index (χ0v) is 14.7. The molecular formula is C21H17N3O3. The first-order valence-electron chi connectivity index (χ1n) is 8.34. The monoisotopic (exact) mass is 359 g/mol. The highest BCUT2D eigenvalue weighted by molar-refractivity contribution is 5.99. The van der Waals surface area contributed by atoms with E-state index in [0.717, 1.165) is 10.9 Å². The molecule has 134 valence electrons. The fraction of sp³-hybridized carbons (Fsp3) is 0.143. The zero-order chi connectivity index (χ0) is 19.2. The van der Waals surface area contributed by atoms with Crippen molar-refractivity contribution < 1.29 is 14.3 Å². The van der Waals surface area contributed by atoms with Crippen LogP contribution in [0.2, 0.25) is 0 Å². The number of rotatable bonds is 5. The average Bonchev–Trinajstić information content (AvgIpc) is 2.72. The molecule has 0 radical (unpaired) electrons. The molecule has 0 spiro atoms. The molecule has 27 heavy (non-hydrogen) atoms. The highest BCUT2D eigenvalue weighted by Crippen LogP contribution is 2.14. The lowest BCUT2D eigenvalue weighted by Gasteiger charge is -2.17. The molecule has 1 amide bonds. The number of nitriles is 1. The SMILES string of the molecule is COC(=O)[C@H](Cc1ccccc1C#N)NC(=O)c1cnc2ccccc2c1. The Morgan fingerprint density at radius 1 is 1.19 bits per heavy atom. The van der Waals surface area contributed by atoms with Gasteiger partial charge in [0.2, 0.25) is 0 Å². The number of fused-ring (bicyclic) bond motifs is 1. The van der Waals surface area contributed by atoms with Gasteiger partial charge in [-0.25, -0.2) is 4.79 Å². The molecule has 1 heterocycles. The minimum absolute atomic E-state index is 0.156. The van der Waals surface area contributed by atoms with Crippen molar-refractivity contribution in [3.63, 3.8) is 0 Å². The van der Waals surface area contributed by atoms with E-state index in [9.17, 15) is 14.9 Å². The Balaban J connectivity index is 1.84. The Labute approximate surface area is 156 Å². The maximum absolute atomic E-state index is 12.6. The van der Waals surface area contributed by atoms with Gasteiger partial charge in [0.25, 0.3) is 5.91 Å². The van der Waals surface area contributed by atoms with E-state index < -0.39 is 17.9 Å². The number of carbonyl (C=O) groups excluding carboxylic acids is 2. The van der Waals surface area contributed by atoms with Crippen LogP contribution in [-0.4, -0.2) is 30.0 Å². The predicted octanol–water partition coefficient (Wildman–Crippen LogP) is 2.62. The number of nitrogens with zero attached hydrogens (tertiary/aromatic N) is 2. The Morgan fingerprint density at radius 3 is 2.70 bits per heavy atom. The summed E-state index contributed by atoms with van der Waals surface area (Å²) in [6, 6.07) is 17.3. The molecule has 0 bridgehead atoms. The molecule has 6 heteroatoms. The zero-order valence-electron chi connectivity index (χ0n) is 14.7. The number of ether oxygens (including phenoxy) is 1. The maximum atomic E-state index is 12.6. The van der Waals surface area contributed by atoms with E-state index >= 15 is 0 Å². The summed E-state index contributed by atoms with van der Waals surface area (Å²) in [5.41, 5.74) is 2.23. The van der Waals surface area contributed by atoms with Crippen LogP contribution in [-0.2, 0) is 16.0 Å². The topological polar surface area (TPSA) is 92.1 Å². The molecule has 1 N–H and O–H groups in total. The number of methoxy groups -OCH3 is 1. The number of hydrogen-bond donors (Lipinski definition) is 1. The normalized spacial score (nSPS) is 11.4. The highest BCUT2D eigenvalue weighted by atomic mass is 16.5. The summed E-state index contributed by atoms with van der Waals surface area (Å²) in [7, 11) is 1.26. The number of nitrogens with one attached hydrogen (secondary N) is 1. The predicted molar refractivity (Wildman–Crippen MR) is 99.9 cm³/mol. The Bertz CT molecular complexity index is 1040. The van der Waals surface area contributed by atoms with Crippen molar-refractivity contribution in [2.45, 2.75) is 12.5 Å². The fourth-order valence-corrected chi connectivity index (χ4v) is 2.80. The molecule has 0 fully saturated rings. The molecule has 0 saturated heterocycles. The van der Waals surface area contributed by atoms with Crippen molar-refractivity contribution in [2.24, 2.45) is 0 Å². The van der Waals surface area contributed by atoms with Crippen LogP contribution in [0.15, 0.2) is 60.8 Å². The van der Waals surface area contributed by atoms with E-state index in [2.05, 4.69) is 16.4 Å². The number of para-hydroxylation sites is 1. The van der Waals surface area contributed by atoms with Gasteiger partial charge in [-0.15, -0.1) is 0 Å². The van der Waals surface area contributed by atoms with Crippen LogP contribution < -0.4 is 5.32 Å². The summed E-state index contributed by atoms with van der Waals surface area (Å²) in [5.74, 6) is -1.01. The van der Waals surface area contributed by atoms with Gasteiger partial charge in [0, 0.05) is 18.0 Å². The highest BCUT2D eigenvalue weighted by Gasteiger charge is 2.24. The summed E-state index contributed by atoms with van der Waals surface area (Å²) in [5, 5.41) is 12.7. The van der Waals surface area contributed by atoms with Crippen LogP contribution in [0.4, 0.5) is 0 Å². The van der Waals surface area contributed by atoms with E-state index in [-0.39, 0.29) is 6.42 Å². The molecule has 1 atom stereocenters. The third-order valence-corrected chi connectivity index (χ3v) is 4.21. The molecule has 6 nitrogen and oxygen atoms in total. The number of hydrogen-bond acceptors (Lipinski definition) is 5. The van der Waals surface area contributed by atoms with Crippen LogP contribution >= 0.6 is 0 Å². The molecular weight excluding hydrogens is 342 g/mol. The second kappa shape index (κ2) is 8.11. The smallest absolute Gasteiger partial charge is 0.328 e. The summed E-state index contributed by atoms with van der Waals surface area (Å²) in [4.78, 5) is 29.1. The van der Waals surface area contributed by atoms with E-state index in [0.29, 0.717) is 16.7 Å². The summed E-state index contributed by atoms with van der Waals surface area (Å²) in [6.45, 7) is 0. The number of pyridine rings is 1. The maximum Gasteiger partial charge on any atom is 0.328 e. The quantitative estimate of drug-likeness (QED) is 0.707. The minimum atomic E-state index is -0.913. The van der Waals surface area contributed by atoms with E-state index in [1.807, 2.05) is 24.3 Å². The Morgan fingerprint density at radius 2 is 1.93 bits per heavy atom. The number of amides is 1. The van der Waals surface area contributed by atoms with Gasteiger partial charge < -0.3 is 10.1 Å². The summed E-state index contributed by atoms with van der Waals surface area (Å²) >= 11 is 0. The van der Waals surface area contributed by atoms with Gasteiger partial charge in [-0.2, -0.15) is 5.26 Å². The van der Waals surface area contributed by atoms with Crippen LogP contribution in [0.3, 0.4) is 0 Å². The molecule has 0 aliphatic rings. The second-order valence-electron chi connectivity index (χ2n) is 5.94. The average molecular weight is 359 g/mol. The van der Waals surface area contributed by atoms with E-state index in [1.54, 1.807) is 30.3 Å². The van der Waals surface area contributed by atoms with Crippen molar-refractivity contribution in [1.29, 1.82) is 5.26 Å². The van der Waals surface area contributed by atoms with Crippen molar-refractivity contribution in [3.8, 4) is 6.07 Å². The van der Waals surface area contributed by atoms with Gasteiger partial charge in [-0.05, 0) is 23.8 Å². The molecule has 0 aliphatic carbocycles. The van der Waals surface area contributed by atoms with Gasteiger partial charge >= 0.3 is 5.97 Å². The number of aromatic nitrogens is 1. The number of esters is 1. The standard InChI is InChI=1S/C21H17N3O3/c1-27-21(26)19(11-14-6-2-3-8-16(14)12-22)24-20(25)17-10-15-7-4-5-9-18(15)23-13-17/h2-10,13,19H,11H2,1H3,(H,24,25)/t19-/m0/s1. The van der Waals surface area contributed by atoms with Crippen LogP contribution in [0.25, 0.3) is 10.9 Å². The molecule has 0 unspecified atom stereocenters. The lowest BCUT2D eigenvalue weighted by atomic mass is 10.0. The molecule has 1 aromatic heterocycles. The third-order valence-electron chi connectivity index (χ3n) is 4.21. The lowest BCUT2D eigenvalue weighted by molar-refractivity contribution is -0.142. The molecule has 3 rings (SSSR count). The third kappa shape index (κ3) is 4.10. The van der Waals surface area contributed by atoms with E-state index in [1.165, 1.54) is 13.3 Å². The van der Waals surface area contributed by atoms with Crippen LogP contribution in [0, 0.1) is 11.3 Å². The van der Waals surface area contributed by atoms with Crippen molar-refractivity contribution in [3.05, 3.63) is 77.5 Å². The second-order valence-corrected chi connectivity index (χ2v) is 5.94. The van der Waals surface area contributed by atoms with Crippen molar-refractivity contribution >= 4 is 22.8 Å². The molecule has 3 aromatic rings. The van der Waals surface area contributed by atoms with Gasteiger partial charge in [-0.3, -0.25) is 9.78 Å². The number of carbonyl (C=O) groups is 2. The van der Waals surface area contributed by atoms with Gasteiger partial charge in [0.05, 0.1) is 29.8 Å². The Kier molecular flexibility index (Phi) is 5.43. The molecule has 2 aromatic carbocycles. The van der Waals surface area contributed by atoms with E-state index in [4.69, 9.17) is 4.74 Å². The fourth-order valence-electron chi connectivity index (χ4n) is 2.80. The Hall–Kier alpha value is -3.72. The van der Waals surface area contributed by atoms with Crippen molar-refractivity contribution in [1.82, 2.24) is 10.3 Å². The lowest BCUT2D eigenvalue weighted by Crippen LogP contribution is -2.43.